The lowest BCUT2D eigenvalue weighted by atomic mass is 9.84. The number of carbonyl (C=O) groups excluding carboxylic acids is 8. The van der Waals surface area contributed by atoms with Gasteiger partial charge in [-0.3, -0.25) is 24.0 Å². The molecule has 0 radical (unpaired) electrons. The van der Waals surface area contributed by atoms with Crippen molar-refractivity contribution in [2.75, 3.05) is 0 Å². The maximum atomic E-state index is 13.3. The number of ether oxygens (including phenoxy) is 2. The number of imide groups is 2. The van der Waals surface area contributed by atoms with Gasteiger partial charge >= 0.3 is 23.9 Å². The molecule has 2 atom stereocenters. The summed E-state index contributed by atoms with van der Waals surface area (Å²) >= 11 is 0. The van der Waals surface area contributed by atoms with Gasteiger partial charge in [0, 0.05) is 25.7 Å². The molecule has 0 bridgehead atoms. The van der Waals surface area contributed by atoms with E-state index in [1.54, 1.807) is 0 Å². The number of nitrogens with zero attached hydrogens (tertiary/aromatic N) is 2. The zero-order valence-corrected chi connectivity index (χ0v) is 21.3. The van der Waals surface area contributed by atoms with Crippen LogP contribution in [-0.4, -0.2) is 74.4 Å². The Morgan fingerprint density at radius 2 is 1.03 bits per heavy atom. The van der Waals surface area contributed by atoms with Crippen LogP contribution >= 0.6 is 0 Å². The first-order valence-corrected chi connectivity index (χ1v) is 11.2. The number of hydrogen-bond donors (Lipinski definition) is 1. The quantitative estimate of drug-likeness (QED) is 0.245. The summed E-state index contributed by atoms with van der Waals surface area (Å²) in [5.41, 5.74) is 0.0543. The predicted molar refractivity (Wildman–Crippen MR) is 116 cm³/mol. The Labute approximate surface area is 211 Å². The highest BCUT2D eigenvalue weighted by Crippen LogP contribution is 2.29. The summed E-state index contributed by atoms with van der Waals surface area (Å²) in [6, 6.07) is 0. The van der Waals surface area contributed by atoms with E-state index in [4.69, 9.17) is 24.9 Å². The van der Waals surface area contributed by atoms with Crippen LogP contribution in [0.1, 0.15) is 67.2 Å². The first kappa shape index (κ1) is 29.4. The minimum atomic E-state index is -3.40. The molecule has 0 aromatic heterocycles. The highest BCUT2D eigenvalue weighted by Gasteiger charge is 2.63. The van der Waals surface area contributed by atoms with Crippen molar-refractivity contribution in [2.24, 2.45) is 11.7 Å². The molecule has 2 unspecified atom stereocenters. The van der Waals surface area contributed by atoms with E-state index in [2.05, 4.69) is 0 Å². The first-order valence-electron chi connectivity index (χ1n) is 11.2. The molecular weight excluding hydrogens is 498 g/mol. The Bertz CT molecular complexity index is 1020. The lowest BCUT2D eigenvalue weighted by Gasteiger charge is -2.34. The van der Waals surface area contributed by atoms with E-state index in [-0.39, 0.29) is 35.8 Å². The normalized spacial score (nSPS) is 18.9. The first-order chi connectivity index (χ1) is 16.8. The van der Waals surface area contributed by atoms with Crippen molar-refractivity contribution < 1.29 is 57.5 Å². The molecule has 0 spiro atoms. The number of esters is 2. The Kier molecular flexibility index (Phi) is 8.12. The summed E-state index contributed by atoms with van der Waals surface area (Å²) in [5.74, 6) is -13.4. The second-order valence-electron chi connectivity index (χ2n) is 10.3. The van der Waals surface area contributed by atoms with Gasteiger partial charge in [0.2, 0.25) is 5.54 Å². The third-order valence-corrected chi connectivity index (χ3v) is 4.77. The van der Waals surface area contributed by atoms with Gasteiger partial charge in [0.15, 0.2) is 5.92 Å². The van der Waals surface area contributed by atoms with E-state index in [1.807, 2.05) is 0 Å². The summed E-state index contributed by atoms with van der Waals surface area (Å²) in [4.78, 5) is 110. The molecule has 37 heavy (non-hydrogen) atoms. The van der Waals surface area contributed by atoms with Crippen molar-refractivity contribution in [1.82, 2.24) is 10.1 Å². The van der Waals surface area contributed by atoms with Crippen molar-refractivity contribution in [3.8, 4) is 0 Å². The maximum Gasteiger partial charge on any atom is 0.365 e. The van der Waals surface area contributed by atoms with Gasteiger partial charge in [0.05, 0.1) is 0 Å². The maximum absolute atomic E-state index is 13.3. The standard InChI is InChI=1S/C22H29N3O12/c1-20(2,3)34-16(30)15(17(31)36-24-11(26)7-8-12(24)27)22(23,18(32)35-21(4,5)6)19(33)37-25-13(28)9-10-14(25)29/h15H,7-10,23H2,1-6H3. The van der Waals surface area contributed by atoms with Crippen molar-refractivity contribution in [2.45, 2.75) is 84.0 Å². The third kappa shape index (κ3) is 6.67. The number of amides is 4. The second kappa shape index (κ2) is 10.2. The van der Waals surface area contributed by atoms with Crippen LogP contribution < -0.4 is 5.73 Å². The zero-order chi connectivity index (χ0) is 28.5. The average molecular weight is 527 g/mol. The minimum Gasteiger partial charge on any atom is -0.459 e. The molecule has 15 nitrogen and oxygen atoms in total. The summed E-state index contributed by atoms with van der Waals surface area (Å²) in [6.07, 6.45) is -1.23. The van der Waals surface area contributed by atoms with Crippen LogP contribution in [0.25, 0.3) is 0 Å². The molecule has 0 aromatic rings. The number of hydroxylamine groups is 4. The Hall–Kier alpha value is -3.88. The lowest BCUT2D eigenvalue weighted by Crippen LogP contribution is -2.68. The van der Waals surface area contributed by atoms with Gasteiger partial charge in [-0.15, -0.1) is 10.1 Å². The molecule has 2 rings (SSSR count). The average Bonchev–Trinajstić information content (AvgIpc) is 3.21. The van der Waals surface area contributed by atoms with Crippen LogP contribution in [-0.2, 0) is 57.5 Å². The Morgan fingerprint density at radius 1 is 0.649 bits per heavy atom. The van der Waals surface area contributed by atoms with Crippen LogP contribution in [0, 0.1) is 5.92 Å². The molecule has 2 aliphatic rings. The number of rotatable bonds is 7. The van der Waals surface area contributed by atoms with Gasteiger partial charge in [0.1, 0.15) is 11.2 Å². The molecule has 2 aliphatic heterocycles. The predicted octanol–water partition coefficient (Wildman–Crippen LogP) is -0.802. The van der Waals surface area contributed by atoms with E-state index in [0.717, 1.165) is 0 Å². The third-order valence-electron chi connectivity index (χ3n) is 4.77. The Morgan fingerprint density at radius 3 is 1.41 bits per heavy atom. The van der Waals surface area contributed by atoms with Crippen molar-refractivity contribution in [3.63, 3.8) is 0 Å². The molecule has 2 saturated heterocycles. The van der Waals surface area contributed by atoms with E-state index >= 15 is 0 Å². The molecule has 204 valence electrons. The SMILES string of the molecule is CC(C)(C)OC(=O)C(C(=O)ON1C(=O)CCC1=O)C(N)(C(=O)ON1C(=O)CCC1=O)C(=O)OC(C)(C)C. The van der Waals surface area contributed by atoms with Crippen LogP contribution in [0.3, 0.4) is 0 Å². The smallest absolute Gasteiger partial charge is 0.365 e. The molecule has 0 saturated carbocycles. The number of nitrogens with two attached hydrogens (primary N) is 1. The van der Waals surface area contributed by atoms with Crippen LogP contribution in [0.2, 0.25) is 0 Å². The van der Waals surface area contributed by atoms with E-state index in [0.29, 0.717) is 0 Å². The molecular formula is C22H29N3O12. The van der Waals surface area contributed by atoms with Crippen LogP contribution in [0.15, 0.2) is 0 Å². The van der Waals surface area contributed by atoms with Gasteiger partial charge in [-0.1, -0.05) is 0 Å². The summed E-state index contributed by atoms with van der Waals surface area (Å²) < 4.78 is 10.3. The molecule has 2 fully saturated rings. The fourth-order valence-electron chi connectivity index (χ4n) is 3.13. The van der Waals surface area contributed by atoms with Crippen molar-refractivity contribution >= 4 is 47.5 Å². The van der Waals surface area contributed by atoms with Crippen LogP contribution in [0.4, 0.5) is 0 Å². The minimum absolute atomic E-state index is 0.0410. The van der Waals surface area contributed by atoms with Gasteiger partial charge in [0.25, 0.3) is 23.6 Å². The largest absolute Gasteiger partial charge is 0.459 e. The van der Waals surface area contributed by atoms with Crippen molar-refractivity contribution in [3.05, 3.63) is 0 Å². The molecule has 2 heterocycles. The fourth-order valence-corrected chi connectivity index (χ4v) is 3.13. The lowest BCUT2D eigenvalue weighted by molar-refractivity contribution is -0.216. The van der Waals surface area contributed by atoms with Crippen molar-refractivity contribution in [1.29, 1.82) is 0 Å². The summed E-state index contributed by atoms with van der Waals surface area (Å²) in [6.45, 7) is 8.33. The van der Waals surface area contributed by atoms with E-state index in [1.165, 1.54) is 41.5 Å². The highest BCUT2D eigenvalue weighted by atomic mass is 16.7. The molecule has 0 aromatic carbocycles. The van der Waals surface area contributed by atoms with Gasteiger partial charge in [-0.05, 0) is 41.5 Å². The summed E-state index contributed by atoms with van der Waals surface area (Å²) in [7, 11) is 0. The molecule has 2 N–H and O–H groups in total. The number of hydrogen-bond acceptors (Lipinski definition) is 13. The highest BCUT2D eigenvalue weighted by molar-refractivity contribution is 6.16. The molecule has 4 amide bonds. The van der Waals surface area contributed by atoms with Crippen LogP contribution in [0.5, 0.6) is 0 Å². The van der Waals surface area contributed by atoms with E-state index < -0.39 is 70.2 Å². The van der Waals surface area contributed by atoms with Gasteiger partial charge < -0.3 is 24.9 Å². The Balaban J connectivity index is 2.61. The monoisotopic (exact) mass is 527 g/mol. The van der Waals surface area contributed by atoms with Gasteiger partial charge in [-0.25, -0.2) is 14.4 Å². The summed E-state index contributed by atoms with van der Waals surface area (Å²) in [5, 5.41) is 0.105. The van der Waals surface area contributed by atoms with Gasteiger partial charge in [-0.2, -0.15) is 0 Å². The molecule has 0 aliphatic carbocycles. The zero-order valence-electron chi connectivity index (χ0n) is 21.3. The topological polar surface area (TPSA) is 206 Å². The second-order valence-corrected chi connectivity index (χ2v) is 10.3. The van der Waals surface area contributed by atoms with E-state index in [9.17, 15) is 38.4 Å². The number of carbonyl (C=O) groups is 8. The fraction of sp³-hybridized carbons (Fsp3) is 0.636. The molecule has 15 heteroatoms.